The number of aromatic amines is 2. The third kappa shape index (κ3) is 7.07. The number of methoxy groups -OCH3 is 2. The van der Waals surface area contributed by atoms with Gasteiger partial charge in [-0.2, -0.15) is 0 Å². The molecule has 2 aliphatic rings. The molecule has 2 fully saturated rings. The van der Waals surface area contributed by atoms with Gasteiger partial charge in [-0.05, 0) is 43.6 Å². The number of rotatable bonds is 11. The third-order valence-electron chi connectivity index (χ3n) is 10.7. The molecule has 0 saturated carbocycles. The number of thiophene rings is 2. The molecule has 0 bridgehead atoms. The van der Waals surface area contributed by atoms with Crippen LogP contribution < -0.4 is 10.6 Å². The Morgan fingerprint density at radius 2 is 1.56 bits per heavy atom. The molecule has 5 atom stereocenters. The van der Waals surface area contributed by atoms with Crippen LogP contribution in [0.2, 0.25) is 0 Å². The number of aliphatic hydroxyl groups is 1. The van der Waals surface area contributed by atoms with Gasteiger partial charge >= 0.3 is 12.2 Å². The second-order valence-corrected chi connectivity index (χ2v) is 16.5. The Morgan fingerprint density at radius 1 is 0.870 bits per heavy atom. The molecule has 16 heteroatoms. The highest BCUT2D eigenvalue weighted by Gasteiger charge is 2.39. The Balaban J connectivity index is 1.14. The molecule has 0 aliphatic carbocycles. The first-order valence-electron chi connectivity index (χ1n) is 18.5. The van der Waals surface area contributed by atoms with E-state index in [2.05, 4.69) is 37.4 Å². The fourth-order valence-electron chi connectivity index (χ4n) is 7.84. The van der Waals surface area contributed by atoms with E-state index in [-0.39, 0.29) is 29.8 Å². The number of carbonyl (C=O) groups excluding carboxylic acids is 3. The van der Waals surface area contributed by atoms with Crippen molar-refractivity contribution in [3.8, 4) is 22.4 Å². The number of hydrogen-bond acceptors (Lipinski definition) is 11. The van der Waals surface area contributed by atoms with Crippen LogP contribution in [-0.4, -0.2) is 98.6 Å². The number of para-hydroxylation sites is 1. The van der Waals surface area contributed by atoms with E-state index in [1.165, 1.54) is 14.2 Å². The summed E-state index contributed by atoms with van der Waals surface area (Å²) in [5, 5.41) is 21.4. The van der Waals surface area contributed by atoms with Crippen LogP contribution in [0.5, 0.6) is 0 Å². The first kappa shape index (κ1) is 37.8. The summed E-state index contributed by atoms with van der Waals surface area (Å²) >= 11 is 3.36. The molecule has 2 aliphatic heterocycles. The number of carbonyl (C=O) groups is 3. The number of hydrogen-bond donors (Lipinski definition) is 5. The molecule has 5 aromatic rings. The summed E-state index contributed by atoms with van der Waals surface area (Å²) in [6, 6.07) is 4.60. The topological polar surface area (TPSA) is 178 Å². The van der Waals surface area contributed by atoms with E-state index in [0.717, 1.165) is 80.1 Å². The van der Waals surface area contributed by atoms with Crippen LogP contribution in [0.1, 0.15) is 77.1 Å². The number of amides is 3. The van der Waals surface area contributed by atoms with Gasteiger partial charge in [0.2, 0.25) is 5.91 Å². The van der Waals surface area contributed by atoms with Crippen LogP contribution in [0, 0.1) is 11.8 Å². The van der Waals surface area contributed by atoms with Crippen molar-refractivity contribution in [1.29, 1.82) is 0 Å². The van der Waals surface area contributed by atoms with Crippen molar-refractivity contribution >= 4 is 61.2 Å². The number of nitrogens with zero attached hydrogens (tertiary/aromatic N) is 4. The normalized spacial score (nSPS) is 19.5. The number of likely N-dealkylation sites (tertiary alicyclic amines) is 2. The van der Waals surface area contributed by atoms with E-state index >= 15 is 0 Å². The van der Waals surface area contributed by atoms with Gasteiger partial charge in [0.05, 0.1) is 64.7 Å². The lowest BCUT2D eigenvalue weighted by Crippen LogP contribution is -2.54. The number of fused-ring (bicyclic) bond motifs is 2. The van der Waals surface area contributed by atoms with Crippen molar-refractivity contribution in [1.82, 2.24) is 40.4 Å². The van der Waals surface area contributed by atoms with E-state index in [1.54, 1.807) is 22.7 Å². The van der Waals surface area contributed by atoms with E-state index in [0.29, 0.717) is 13.1 Å². The summed E-state index contributed by atoms with van der Waals surface area (Å²) in [5.41, 5.74) is 5.86. The smallest absolute Gasteiger partial charge is 0.407 e. The van der Waals surface area contributed by atoms with Crippen molar-refractivity contribution in [3.05, 3.63) is 46.8 Å². The molecule has 2 saturated heterocycles. The highest BCUT2D eigenvalue weighted by Crippen LogP contribution is 2.46. The van der Waals surface area contributed by atoms with Crippen LogP contribution in [0.25, 0.3) is 42.8 Å². The summed E-state index contributed by atoms with van der Waals surface area (Å²) in [6.07, 6.45) is 3.09. The predicted octanol–water partition coefficient (Wildman–Crippen LogP) is 6.78. The number of H-pyrrole nitrogens is 2. The molecule has 3 unspecified atom stereocenters. The van der Waals surface area contributed by atoms with Gasteiger partial charge in [0.25, 0.3) is 0 Å². The standard InChI is InChI=1S/C38H48N8O6S2/c1-19(2)28(43-37(49)51-5)35(47)45-14-8-12-26(45)33-39-16-25(41-33)23-18-54-31-22(17-53-32(23)31)21-10-7-11-24-30(21)42-34(40-24)27-13-9-15-46(27)36(48)29(20(3)4)44-38(50)52-6/h7,10-11,16-20,26-29,36,48H,8-9,12-15H2,1-6H3,(H,39,41)(H,40,42)(H,43,49)(H,44,50)/t26?,27?,28-,29-,36?/m0/s1. The highest BCUT2D eigenvalue weighted by molar-refractivity contribution is 7.27. The number of ether oxygens (including phenoxy) is 2. The Morgan fingerprint density at radius 3 is 2.28 bits per heavy atom. The number of aromatic nitrogens is 4. The van der Waals surface area contributed by atoms with Crippen molar-refractivity contribution in [2.75, 3.05) is 27.3 Å². The Labute approximate surface area is 321 Å². The van der Waals surface area contributed by atoms with Crippen LogP contribution in [0.4, 0.5) is 9.59 Å². The second-order valence-electron chi connectivity index (χ2n) is 14.7. The molecular formula is C38H48N8O6S2. The highest BCUT2D eigenvalue weighted by atomic mass is 32.1. The SMILES string of the molecule is COC(=O)N[C@@H](C(C)C)C(O)N1CCCC1c1nc2c(-c3csc4c(-c5cnc(C6CCCN6C(=O)[C@@H](NC(=O)OC)C(C)C)[nH]5)csc34)cccc2[nH]1. The minimum atomic E-state index is -0.911. The van der Waals surface area contributed by atoms with Crippen molar-refractivity contribution in [2.24, 2.45) is 11.8 Å². The van der Waals surface area contributed by atoms with Gasteiger partial charge in [0, 0.05) is 40.5 Å². The number of alkyl carbamates (subject to hydrolysis) is 2. The van der Waals surface area contributed by atoms with Crippen LogP contribution in [-0.2, 0) is 14.3 Å². The molecule has 14 nitrogen and oxygen atoms in total. The Kier molecular flexibility index (Phi) is 11.0. The number of aliphatic hydroxyl groups excluding tert-OH is 1. The van der Waals surface area contributed by atoms with Crippen LogP contribution in [0.15, 0.2) is 35.2 Å². The quantitative estimate of drug-likeness (QED) is 0.0968. The zero-order valence-corrected chi connectivity index (χ0v) is 33.0. The molecule has 7 rings (SSSR count). The minimum absolute atomic E-state index is 0.0198. The second kappa shape index (κ2) is 15.7. The van der Waals surface area contributed by atoms with Crippen molar-refractivity contribution < 1.29 is 29.0 Å². The monoisotopic (exact) mass is 776 g/mol. The Bertz CT molecular complexity index is 2140. The zero-order chi connectivity index (χ0) is 38.3. The number of nitrogens with one attached hydrogen (secondary N) is 4. The molecule has 4 aromatic heterocycles. The average Bonchev–Trinajstić information content (AvgIpc) is 4.00. The molecule has 0 radical (unpaired) electrons. The molecule has 288 valence electrons. The van der Waals surface area contributed by atoms with Gasteiger partial charge in [-0.15, -0.1) is 22.7 Å². The zero-order valence-electron chi connectivity index (χ0n) is 31.3. The summed E-state index contributed by atoms with van der Waals surface area (Å²) in [7, 11) is 2.62. The lowest BCUT2D eigenvalue weighted by atomic mass is 10.0. The molecule has 1 aromatic carbocycles. The maximum atomic E-state index is 13.7. The summed E-state index contributed by atoms with van der Waals surface area (Å²) < 4.78 is 11.9. The van der Waals surface area contributed by atoms with Crippen LogP contribution >= 0.6 is 22.7 Å². The molecule has 54 heavy (non-hydrogen) atoms. The molecule has 3 amide bonds. The first-order chi connectivity index (χ1) is 26.0. The summed E-state index contributed by atoms with van der Waals surface area (Å²) in [5.74, 6) is 1.25. The third-order valence-corrected chi connectivity index (χ3v) is 12.8. The van der Waals surface area contributed by atoms with Crippen LogP contribution in [0.3, 0.4) is 0 Å². The minimum Gasteiger partial charge on any atom is -0.453 e. The van der Waals surface area contributed by atoms with Gasteiger partial charge in [-0.3, -0.25) is 9.69 Å². The average molecular weight is 777 g/mol. The molecular weight excluding hydrogens is 729 g/mol. The van der Waals surface area contributed by atoms with Gasteiger partial charge in [0.1, 0.15) is 23.9 Å². The summed E-state index contributed by atoms with van der Waals surface area (Å²) in [4.78, 5) is 58.6. The van der Waals surface area contributed by atoms with Gasteiger partial charge < -0.3 is 40.1 Å². The predicted molar refractivity (Wildman–Crippen MR) is 209 cm³/mol. The van der Waals surface area contributed by atoms with Gasteiger partial charge in [-0.1, -0.05) is 39.8 Å². The van der Waals surface area contributed by atoms with E-state index in [9.17, 15) is 19.5 Å². The first-order valence-corrected chi connectivity index (χ1v) is 20.2. The lowest BCUT2D eigenvalue weighted by Gasteiger charge is -2.35. The lowest BCUT2D eigenvalue weighted by molar-refractivity contribution is -0.135. The summed E-state index contributed by atoms with van der Waals surface area (Å²) in [6.45, 7) is 9.02. The van der Waals surface area contributed by atoms with E-state index in [4.69, 9.17) is 19.4 Å². The maximum Gasteiger partial charge on any atom is 0.407 e. The fraction of sp³-hybridized carbons (Fsp3) is 0.500. The molecule has 5 N–H and O–H groups in total. The van der Waals surface area contributed by atoms with E-state index < -0.39 is 30.5 Å². The fourth-order valence-corrected chi connectivity index (χ4v) is 10.3. The maximum absolute atomic E-state index is 13.7. The number of imidazole rings is 2. The molecule has 6 heterocycles. The largest absolute Gasteiger partial charge is 0.453 e. The van der Waals surface area contributed by atoms with Crippen molar-refractivity contribution in [3.63, 3.8) is 0 Å². The van der Waals surface area contributed by atoms with Gasteiger partial charge in [0.15, 0.2) is 0 Å². The van der Waals surface area contributed by atoms with Crippen molar-refractivity contribution in [2.45, 2.75) is 83.8 Å². The van der Waals surface area contributed by atoms with E-state index in [1.807, 2.05) is 55.8 Å². The Hall–Kier alpha value is -4.51. The molecule has 0 spiro atoms. The van der Waals surface area contributed by atoms with Gasteiger partial charge in [-0.25, -0.2) is 19.6 Å². The number of benzene rings is 1.